The predicted octanol–water partition coefficient (Wildman–Crippen LogP) is 2.12. The molecule has 0 radical (unpaired) electrons. The van der Waals surface area contributed by atoms with Gasteiger partial charge in [-0.3, -0.25) is 0 Å². The third-order valence-electron chi connectivity index (χ3n) is 4.21. The number of rotatable bonds is 3. The molecular formula is C18H19N5O3. The van der Waals surface area contributed by atoms with Gasteiger partial charge in [-0.1, -0.05) is 6.07 Å². The van der Waals surface area contributed by atoms with Gasteiger partial charge in [-0.05, 0) is 13.0 Å². The van der Waals surface area contributed by atoms with Crippen LogP contribution in [0.15, 0.2) is 18.2 Å². The van der Waals surface area contributed by atoms with E-state index in [1.807, 2.05) is 0 Å². The Hall–Kier alpha value is -3.34. The fourth-order valence-electron chi connectivity index (χ4n) is 3.01. The first-order valence-corrected chi connectivity index (χ1v) is 8.23. The van der Waals surface area contributed by atoms with Crippen molar-refractivity contribution in [3.05, 3.63) is 35.0 Å². The zero-order chi connectivity index (χ0) is 18.7. The Balaban J connectivity index is 2.15. The normalized spacial score (nSPS) is 12.9. The van der Waals surface area contributed by atoms with E-state index in [9.17, 15) is 10.1 Å². The number of aromatic nitrogens is 2. The maximum Gasteiger partial charge on any atom is 0.410 e. The van der Waals surface area contributed by atoms with Gasteiger partial charge in [0, 0.05) is 30.2 Å². The van der Waals surface area contributed by atoms with Crippen molar-refractivity contribution in [1.82, 2.24) is 14.9 Å². The lowest BCUT2D eigenvalue weighted by Gasteiger charge is -2.29. The highest BCUT2D eigenvalue weighted by molar-refractivity contribution is 5.78. The van der Waals surface area contributed by atoms with E-state index in [0.29, 0.717) is 36.7 Å². The van der Waals surface area contributed by atoms with E-state index < -0.39 is 6.09 Å². The standard InChI is InChI=1S/C18H19N5O3/c1-3-26-18(24)23-8-7-13-12(10-23)16(11(9-19)17(20)22-13)14-5-4-6-15(21-14)25-2/h4-6H,3,7-8,10H2,1-2H3,(H2,20,22). The highest BCUT2D eigenvalue weighted by Gasteiger charge is 2.28. The van der Waals surface area contributed by atoms with Crippen molar-refractivity contribution in [3.63, 3.8) is 0 Å². The Labute approximate surface area is 151 Å². The summed E-state index contributed by atoms with van der Waals surface area (Å²) in [7, 11) is 1.52. The molecule has 8 nitrogen and oxygen atoms in total. The number of amides is 1. The second kappa shape index (κ2) is 7.27. The zero-order valence-corrected chi connectivity index (χ0v) is 14.7. The van der Waals surface area contributed by atoms with E-state index in [0.717, 1.165) is 11.3 Å². The molecule has 0 unspecified atom stereocenters. The van der Waals surface area contributed by atoms with Gasteiger partial charge in [-0.2, -0.15) is 5.26 Å². The summed E-state index contributed by atoms with van der Waals surface area (Å²) in [5.74, 6) is 0.587. The minimum Gasteiger partial charge on any atom is -0.481 e. The number of methoxy groups -OCH3 is 1. The second-order valence-electron chi connectivity index (χ2n) is 5.72. The molecule has 0 aromatic carbocycles. The van der Waals surface area contributed by atoms with Crippen LogP contribution in [0.3, 0.4) is 0 Å². The Morgan fingerprint density at radius 1 is 1.42 bits per heavy atom. The summed E-state index contributed by atoms with van der Waals surface area (Å²) < 4.78 is 10.3. The number of hydrogen-bond donors (Lipinski definition) is 1. The van der Waals surface area contributed by atoms with Crippen molar-refractivity contribution >= 4 is 11.9 Å². The predicted molar refractivity (Wildman–Crippen MR) is 94.3 cm³/mol. The number of fused-ring (bicyclic) bond motifs is 1. The van der Waals surface area contributed by atoms with Crippen LogP contribution in [-0.2, 0) is 17.7 Å². The Kier molecular flexibility index (Phi) is 4.89. The summed E-state index contributed by atoms with van der Waals surface area (Å²) >= 11 is 0. The molecule has 3 rings (SSSR count). The Morgan fingerprint density at radius 2 is 2.23 bits per heavy atom. The molecule has 2 aromatic heterocycles. The van der Waals surface area contributed by atoms with Gasteiger partial charge in [0.2, 0.25) is 5.88 Å². The van der Waals surface area contributed by atoms with E-state index in [4.69, 9.17) is 15.2 Å². The number of pyridine rings is 2. The first-order chi connectivity index (χ1) is 12.6. The number of nitrogens with two attached hydrogens (primary N) is 1. The highest BCUT2D eigenvalue weighted by atomic mass is 16.6. The molecular weight excluding hydrogens is 334 g/mol. The zero-order valence-electron chi connectivity index (χ0n) is 14.7. The van der Waals surface area contributed by atoms with Crippen LogP contribution in [0.5, 0.6) is 5.88 Å². The number of anilines is 1. The molecule has 1 aliphatic rings. The number of ether oxygens (including phenoxy) is 2. The van der Waals surface area contributed by atoms with Crippen molar-refractivity contribution in [2.24, 2.45) is 0 Å². The summed E-state index contributed by atoms with van der Waals surface area (Å²) in [6, 6.07) is 7.40. The molecule has 26 heavy (non-hydrogen) atoms. The molecule has 0 spiro atoms. The smallest absolute Gasteiger partial charge is 0.410 e. The average molecular weight is 353 g/mol. The molecule has 134 valence electrons. The number of nitriles is 1. The van der Waals surface area contributed by atoms with Crippen LogP contribution in [0, 0.1) is 11.3 Å². The molecule has 2 aromatic rings. The van der Waals surface area contributed by atoms with Crippen molar-refractivity contribution < 1.29 is 14.3 Å². The van der Waals surface area contributed by atoms with E-state index in [1.54, 1.807) is 30.0 Å². The molecule has 2 N–H and O–H groups in total. The van der Waals surface area contributed by atoms with Gasteiger partial charge in [-0.15, -0.1) is 0 Å². The lowest BCUT2D eigenvalue weighted by molar-refractivity contribution is 0.102. The van der Waals surface area contributed by atoms with Crippen LogP contribution >= 0.6 is 0 Å². The SMILES string of the molecule is CCOC(=O)N1CCc2nc(N)c(C#N)c(-c3cccc(OC)n3)c2C1. The quantitative estimate of drug-likeness (QED) is 0.898. The van der Waals surface area contributed by atoms with Crippen LogP contribution in [-0.4, -0.2) is 41.2 Å². The van der Waals surface area contributed by atoms with Gasteiger partial charge in [0.05, 0.1) is 31.6 Å². The molecule has 0 atom stereocenters. The topological polar surface area (TPSA) is 114 Å². The molecule has 0 aliphatic carbocycles. The maximum atomic E-state index is 12.1. The third kappa shape index (κ3) is 3.11. The number of nitrogens with zero attached hydrogens (tertiary/aromatic N) is 4. The number of hydrogen-bond acceptors (Lipinski definition) is 7. The van der Waals surface area contributed by atoms with Gasteiger partial charge in [0.15, 0.2) is 0 Å². The van der Waals surface area contributed by atoms with E-state index >= 15 is 0 Å². The molecule has 0 saturated heterocycles. The average Bonchev–Trinajstić information content (AvgIpc) is 2.66. The minimum absolute atomic E-state index is 0.162. The largest absolute Gasteiger partial charge is 0.481 e. The monoisotopic (exact) mass is 353 g/mol. The number of carbonyl (C=O) groups excluding carboxylic acids is 1. The van der Waals surface area contributed by atoms with Crippen molar-refractivity contribution in [2.45, 2.75) is 19.9 Å². The second-order valence-corrected chi connectivity index (χ2v) is 5.72. The van der Waals surface area contributed by atoms with Gasteiger partial charge in [0.1, 0.15) is 17.5 Å². The molecule has 0 bridgehead atoms. The van der Waals surface area contributed by atoms with Crippen LogP contribution in [0.1, 0.15) is 23.7 Å². The Bertz CT molecular complexity index is 891. The van der Waals surface area contributed by atoms with Crippen molar-refractivity contribution in [2.75, 3.05) is 26.0 Å². The van der Waals surface area contributed by atoms with Crippen molar-refractivity contribution in [3.8, 4) is 23.2 Å². The Morgan fingerprint density at radius 3 is 2.92 bits per heavy atom. The van der Waals surface area contributed by atoms with Crippen molar-refractivity contribution in [1.29, 1.82) is 5.26 Å². The van der Waals surface area contributed by atoms with E-state index in [1.165, 1.54) is 7.11 Å². The van der Waals surface area contributed by atoms with Gasteiger partial charge >= 0.3 is 6.09 Å². The van der Waals surface area contributed by atoms with Crippen LogP contribution in [0.2, 0.25) is 0 Å². The molecule has 1 aliphatic heterocycles. The molecule has 1 amide bonds. The first-order valence-electron chi connectivity index (χ1n) is 8.23. The fourth-order valence-corrected chi connectivity index (χ4v) is 3.01. The van der Waals surface area contributed by atoms with Gasteiger partial charge in [0.25, 0.3) is 0 Å². The number of carbonyl (C=O) groups is 1. The molecule has 0 saturated carbocycles. The number of nitrogen functional groups attached to an aromatic ring is 1. The summed E-state index contributed by atoms with van der Waals surface area (Å²) in [5.41, 5.74) is 8.92. The van der Waals surface area contributed by atoms with Gasteiger partial charge in [-0.25, -0.2) is 14.8 Å². The summed E-state index contributed by atoms with van der Waals surface area (Å²) in [4.78, 5) is 22.5. The summed E-state index contributed by atoms with van der Waals surface area (Å²) in [5, 5.41) is 9.61. The minimum atomic E-state index is -0.391. The van der Waals surface area contributed by atoms with Gasteiger partial charge < -0.3 is 20.1 Å². The molecule has 8 heteroatoms. The van der Waals surface area contributed by atoms with Crippen LogP contribution in [0.25, 0.3) is 11.3 Å². The van der Waals surface area contributed by atoms with Crippen LogP contribution in [0.4, 0.5) is 10.6 Å². The lowest BCUT2D eigenvalue weighted by Crippen LogP contribution is -2.37. The van der Waals surface area contributed by atoms with E-state index in [-0.39, 0.29) is 17.9 Å². The van der Waals surface area contributed by atoms with Crippen LogP contribution < -0.4 is 10.5 Å². The fraction of sp³-hybridized carbons (Fsp3) is 0.333. The molecule has 0 fully saturated rings. The molecule has 3 heterocycles. The van der Waals surface area contributed by atoms with E-state index in [2.05, 4.69) is 16.0 Å². The third-order valence-corrected chi connectivity index (χ3v) is 4.21. The summed E-state index contributed by atoms with van der Waals surface area (Å²) in [6.45, 7) is 2.83. The first kappa shape index (κ1) is 17.5. The highest BCUT2D eigenvalue weighted by Crippen LogP contribution is 2.34. The lowest BCUT2D eigenvalue weighted by atomic mass is 9.93. The maximum absolute atomic E-state index is 12.1. The summed E-state index contributed by atoms with van der Waals surface area (Å²) in [6.07, 6.45) is 0.138.